The van der Waals surface area contributed by atoms with Gasteiger partial charge in [0.25, 0.3) is 35.4 Å². The number of hydrogen-bond donors (Lipinski definition) is 0. The first-order valence-electron chi connectivity index (χ1n) is 39.4. The van der Waals surface area contributed by atoms with Gasteiger partial charge in [0, 0.05) is 65.8 Å². The molecule has 0 fully saturated rings. The summed E-state index contributed by atoms with van der Waals surface area (Å²) in [7, 11) is 0. The van der Waals surface area contributed by atoms with Crippen LogP contribution < -0.4 is 28.7 Å². The lowest BCUT2D eigenvalue weighted by Crippen LogP contribution is -2.54. The molecule has 2 unspecified atom stereocenters. The second-order valence-corrected chi connectivity index (χ2v) is 35.1. The van der Waals surface area contributed by atoms with E-state index in [1.165, 1.54) is 0 Å². The summed E-state index contributed by atoms with van der Waals surface area (Å²) < 4.78 is 30.0. The molecule has 14 heteroatoms. The summed E-state index contributed by atoms with van der Waals surface area (Å²) in [4.78, 5) is 106. The highest BCUT2D eigenvalue weighted by Gasteiger charge is 2.48. The van der Waals surface area contributed by atoms with E-state index in [1.54, 1.807) is 34.1 Å². The fourth-order valence-electron chi connectivity index (χ4n) is 16.0. The van der Waals surface area contributed by atoms with Gasteiger partial charge in [0.1, 0.15) is 58.1 Å². The van der Waals surface area contributed by atoms with E-state index in [4.69, 9.17) is 18.9 Å². The fourth-order valence-corrected chi connectivity index (χ4v) is 16.0. The SMILES string of the molecule is CC(C)CC(C(=O)N(c1ccccc1)c1ccccc1)N1C(=O)c2cc(Oc3ccc(C(C)(C)C)cc3)c3c4c(Oc5ccc(C(C)(C)C)cc5)cc5c6c(cc(Oc7ccc(C(C)(C)C)cc7)c(c7c(Oc8ccc(C(C)(C)C)cc8)cc(c2c37)C1=O)c64)C(=O)N(C(CC(C)C)C(=O)N(c1ccccc1)c1ccccc1)C5=O. The number of nitrogens with zero attached hydrogens (tertiary/aromatic N) is 4. The first kappa shape index (κ1) is 76.9. The van der Waals surface area contributed by atoms with E-state index in [-0.39, 0.29) is 102 Å². The Morgan fingerprint density at radius 3 is 0.675 bits per heavy atom. The zero-order valence-electron chi connectivity index (χ0n) is 67.7. The molecule has 2 heterocycles. The highest BCUT2D eigenvalue weighted by atomic mass is 16.5. The normalized spacial score (nSPS) is 13.9. The number of benzene rings is 13. The Labute approximate surface area is 667 Å². The Bertz CT molecular complexity index is 5210. The van der Waals surface area contributed by atoms with E-state index in [1.807, 2.05) is 246 Å². The zero-order valence-corrected chi connectivity index (χ0v) is 67.7. The molecule has 15 rings (SSSR count). The molecule has 114 heavy (non-hydrogen) atoms. The molecule has 0 bridgehead atoms. The van der Waals surface area contributed by atoms with Crippen LogP contribution in [-0.4, -0.2) is 57.3 Å². The summed E-state index contributed by atoms with van der Waals surface area (Å²) in [6, 6.07) is 71.6. The summed E-state index contributed by atoms with van der Waals surface area (Å²) in [5.74, 6) is -2.56. The monoisotopic (exact) mass is 1510 g/mol. The zero-order chi connectivity index (χ0) is 80.8. The molecule has 2 aliphatic rings. The molecule has 0 N–H and O–H groups in total. The lowest BCUT2D eigenvalue weighted by molar-refractivity contribution is -0.122. The Morgan fingerprint density at radius 2 is 0.491 bits per heavy atom. The average molecular weight is 1510 g/mol. The predicted octanol–water partition coefficient (Wildman–Crippen LogP) is 24.8. The van der Waals surface area contributed by atoms with Crippen LogP contribution in [0.15, 0.2) is 243 Å². The van der Waals surface area contributed by atoms with Gasteiger partial charge in [0.2, 0.25) is 0 Å². The van der Waals surface area contributed by atoms with Gasteiger partial charge in [0.05, 0.1) is 22.3 Å². The minimum Gasteiger partial charge on any atom is -0.457 e. The van der Waals surface area contributed by atoms with E-state index in [9.17, 15) is 0 Å². The van der Waals surface area contributed by atoms with Gasteiger partial charge in [-0.3, -0.25) is 48.4 Å². The van der Waals surface area contributed by atoms with Crippen LogP contribution in [0.25, 0.3) is 43.1 Å². The van der Waals surface area contributed by atoms with Crippen molar-refractivity contribution < 1.29 is 47.7 Å². The molecule has 0 radical (unpaired) electrons. The van der Waals surface area contributed by atoms with Gasteiger partial charge in [0.15, 0.2) is 0 Å². The molecule has 13 aromatic carbocycles. The molecule has 2 atom stereocenters. The summed E-state index contributed by atoms with van der Waals surface area (Å²) >= 11 is 0. The summed E-state index contributed by atoms with van der Waals surface area (Å²) in [5, 5.41) is 2.31. The molecular formula is C100H96N4O10. The fraction of sp³-hybridized carbons (Fsp3) is 0.260. The maximum absolute atomic E-state index is 17.0. The summed E-state index contributed by atoms with van der Waals surface area (Å²) in [5.41, 5.74) is 5.29. The van der Waals surface area contributed by atoms with Crippen LogP contribution in [0.3, 0.4) is 0 Å². The van der Waals surface area contributed by atoms with Crippen molar-refractivity contribution in [1.29, 1.82) is 0 Å². The number of imide groups is 2. The molecule has 6 amide bonds. The van der Waals surface area contributed by atoms with Gasteiger partial charge in [-0.25, -0.2) is 0 Å². The van der Waals surface area contributed by atoms with Crippen molar-refractivity contribution in [2.75, 3.05) is 9.80 Å². The van der Waals surface area contributed by atoms with Crippen molar-refractivity contribution in [1.82, 2.24) is 9.80 Å². The van der Waals surface area contributed by atoms with Crippen LogP contribution in [0, 0.1) is 11.8 Å². The molecule has 0 aliphatic carbocycles. The number of amides is 6. The van der Waals surface area contributed by atoms with E-state index in [0.717, 1.165) is 32.1 Å². The highest BCUT2D eigenvalue weighted by molar-refractivity contribution is 6.45. The first-order valence-corrected chi connectivity index (χ1v) is 39.4. The number of fused-ring (bicyclic) bond motifs is 2. The van der Waals surface area contributed by atoms with Crippen molar-refractivity contribution in [3.8, 4) is 46.0 Å². The Kier molecular flexibility index (Phi) is 20.0. The van der Waals surface area contributed by atoms with Crippen molar-refractivity contribution >= 4 is 101 Å². The van der Waals surface area contributed by atoms with Crippen LogP contribution in [-0.2, 0) is 31.2 Å². The maximum atomic E-state index is 17.0. The van der Waals surface area contributed by atoms with E-state index < -0.39 is 47.5 Å². The number of para-hydroxylation sites is 4. The Hall–Kier alpha value is -12.4. The third kappa shape index (κ3) is 14.4. The first-order chi connectivity index (χ1) is 54.2. The third-order valence-corrected chi connectivity index (χ3v) is 21.8. The van der Waals surface area contributed by atoms with Crippen LogP contribution in [0.4, 0.5) is 22.7 Å². The van der Waals surface area contributed by atoms with Gasteiger partial charge in [-0.2, -0.15) is 0 Å². The van der Waals surface area contributed by atoms with Crippen molar-refractivity contribution in [3.05, 3.63) is 287 Å². The van der Waals surface area contributed by atoms with Crippen LogP contribution in [0.1, 0.15) is 187 Å². The van der Waals surface area contributed by atoms with Gasteiger partial charge >= 0.3 is 0 Å². The van der Waals surface area contributed by atoms with Gasteiger partial charge in [-0.15, -0.1) is 0 Å². The van der Waals surface area contributed by atoms with Crippen molar-refractivity contribution in [3.63, 3.8) is 0 Å². The second-order valence-electron chi connectivity index (χ2n) is 35.1. The molecule has 13 aromatic rings. The van der Waals surface area contributed by atoms with Crippen molar-refractivity contribution in [2.24, 2.45) is 11.8 Å². The average Bonchev–Trinajstić information content (AvgIpc) is 0.670. The predicted molar refractivity (Wildman–Crippen MR) is 456 cm³/mol. The standard InChI is InChI=1S/C100H96N4O10/c1-59(2)53-77(95(109)101(65-29-21-17-22-30-65)66-31-23-18-24-32-66)103-91(105)73-55-79(111-69-45-37-61(38-46-69)97(5,6)7)85-87-81(113-71-49-41-63(42-50-71)99(11,12)13)57-75-84-76(94(108)104(93(75)107)78(54-60(3)4)96(110)102(67-33-25-19-26-34-67)68-35-27-20-28-36-68)58-82(114-72-51-43-64(44-52-72)100(14,15)16)88(90(84)87)86-80(56-74(92(103)106)83(73)89(85)86)112-70-47-39-62(40-48-70)98(8,9)10/h17-52,55-60,77-78H,53-54H2,1-16H3. The molecule has 0 spiro atoms. The molecule has 0 saturated heterocycles. The van der Waals surface area contributed by atoms with Crippen LogP contribution in [0.5, 0.6) is 46.0 Å². The van der Waals surface area contributed by atoms with Gasteiger partial charge in [-0.1, -0.05) is 232 Å². The Morgan fingerprint density at radius 1 is 0.289 bits per heavy atom. The largest absolute Gasteiger partial charge is 0.457 e. The minimum atomic E-state index is -1.39. The molecule has 2 aliphatic heterocycles. The third-order valence-electron chi connectivity index (χ3n) is 21.8. The smallest absolute Gasteiger partial charge is 0.262 e. The number of rotatable bonds is 20. The number of carbonyl (C=O) groups excluding carboxylic acids is 6. The molecular weight excluding hydrogens is 1420 g/mol. The molecule has 576 valence electrons. The minimum absolute atomic E-state index is 0.0379. The molecule has 0 aromatic heterocycles. The number of carbonyl (C=O) groups is 6. The quantitative estimate of drug-likeness (QED) is 0.0409. The maximum Gasteiger partial charge on any atom is 0.262 e. The second kappa shape index (κ2) is 29.6. The topological polar surface area (TPSA) is 152 Å². The van der Waals surface area contributed by atoms with Gasteiger partial charge in [-0.05, 0) is 190 Å². The van der Waals surface area contributed by atoms with Crippen LogP contribution >= 0.6 is 0 Å². The highest BCUT2D eigenvalue weighted by Crippen LogP contribution is 2.59. The van der Waals surface area contributed by atoms with Crippen molar-refractivity contribution in [2.45, 2.75) is 157 Å². The number of ether oxygens (including phenoxy) is 4. The van der Waals surface area contributed by atoms with Gasteiger partial charge < -0.3 is 18.9 Å². The summed E-state index contributed by atoms with van der Waals surface area (Å²) in [6.45, 7) is 33.4. The lowest BCUT2D eigenvalue weighted by atomic mass is 9.80. The number of hydrogen-bond acceptors (Lipinski definition) is 10. The summed E-state index contributed by atoms with van der Waals surface area (Å²) in [6.07, 6.45) is 0.144. The number of anilines is 4. The molecule has 0 saturated carbocycles. The lowest BCUT2D eigenvalue weighted by Gasteiger charge is -2.38. The van der Waals surface area contributed by atoms with Crippen LogP contribution in [0.2, 0.25) is 0 Å². The molecule has 14 nitrogen and oxygen atoms in total. The van der Waals surface area contributed by atoms with E-state index >= 15 is 28.8 Å². The van der Waals surface area contributed by atoms with E-state index in [2.05, 4.69) is 83.1 Å². The Balaban J connectivity index is 1.10. The van der Waals surface area contributed by atoms with E-state index in [0.29, 0.717) is 78.1 Å².